The number of nitrogens with one attached hydrogen (secondary N) is 1. The van der Waals surface area contributed by atoms with Crippen molar-refractivity contribution in [3.63, 3.8) is 0 Å². The Morgan fingerprint density at radius 1 is 1.18 bits per heavy atom. The first-order valence-electron chi connectivity index (χ1n) is 8.55. The van der Waals surface area contributed by atoms with E-state index in [2.05, 4.69) is 12.2 Å². The van der Waals surface area contributed by atoms with Gasteiger partial charge in [-0.2, -0.15) is 0 Å². The molecule has 5 heteroatoms. The first-order valence-corrected chi connectivity index (χ1v) is 8.55. The first-order chi connectivity index (χ1) is 10.1. The molecule has 3 atom stereocenters. The number of amides is 1. The zero-order valence-electron chi connectivity index (χ0n) is 13.9. The summed E-state index contributed by atoms with van der Waals surface area (Å²) in [5.41, 5.74) is -1.36. The Balaban J connectivity index is 2.02. The van der Waals surface area contributed by atoms with E-state index >= 15 is 0 Å². The molecule has 0 saturated heterocycles. The van der Waals surface area contributed by atoms with Gasteiger partial charge in [0.15, 0.2) is 0 Å². The molecule has 0 aromatic heterocycles. The summed E-state index contributed by atoms with van der Waals surface area (Å²) in [6.45, 7) is 6.11. The van der Waals surface area contributed by atoms with Crippen LogP contribution in [0.2, 0.25) is 0 Å². The third-order valence-corrected chi connectivity index (χ3v) is 5.49. The highest BCUT2D eigenvalue weighted by Gasteiger charge is 2.49. The quantitative estimate of drug-likeness (QED) is 0.837. The third-order valence-electron chi connectivity index (χ3n) is 5.49. The lowest BCUT2D eigenvalue weighted by atomic mass is 9.66. The number of carbonyl (C=O) groups excluding carboxylic acids is 1. The van der Waals surface area contributed by atoms with E-state index in [4.69, 9.17) is 0 Å². The fourth-order valence-electron chi connectivity index (χ4n) is 4.13. The van der Waals surface area contributed by atoms with E-state index in [0.29, 0.717) is 12.3 Å². The number of alkyl halides is 2. The molecule has 3 nitrogen and oxygen atoms in total. The first kappa shape index (κ1) is 17.6. The minimum Gasteiger partial charge on any atom is -0.380 e. The lowest BCUT2D eigenvalue weighted by Crippen LogP contribution is -2.58. The molecule has 0 heterocycles. The standard InChI is InChI=1S/C17H29F2NO2/c1-11(2)14-5-4-12(3)10-17(14,22)15(21)20-13-6-8-16(18,19)9-7-13/h11-14,22H,4-10H2,1-3H3,(H,20,21)/t12?,14?,17-/m1/s1. The normalized spacial score (nSPS) is 36.3. The van der Waals surface area contributed by atoms with E-state index in [-0.39, 0.29) is 49.5 Å². The van der Waals surface area contributed by atoms with E-state index in [9.17, 15) is 18.7 Å². The summed E-state index contributed by atoms with van der Waals surface area (Å²) < 4.78 is 26.4. The van der Waals surface area contributed by atoms with Crippen LogP contribution in [0.3, 0.4) is 0 Å². The lowest BCUT2D eigenvalue weighted by Gasteiger charge is -2.44. The van der Waals surface area contributed by atoms with E-state index < -0.39 is 11.5 Å². The van der Waals surface area contributed by atoms with Crippen molar-refractivity contribution in [3.8, 4) is 0 Å². The molecule has 128 valence electrons. The molecular weight excluding hydrogens is 288 g/mol. The van der Waals surface area contributed by atoms with Gasteiger partial charge in [-0.15, -0.1) is 0 Å². The van der Waals surface area contributed by atoms with Gasteiger partial charge in [0.2, 0.25) is 5.92 Å². The second kappa shape index (κ2) is 6.42. The van der Waals surface area contributed by atoms with Crippen LogP contribution >= 0.6 is 0 Å². The van der Waals surface area contributed by atoms with Gasteiger partial charge in [0.05, 0.1) is 0 Å². The molecule has 2 unspecified atom stereocenters. The molecule has 0 spiro atoms. The van der Waals surface area contributed by atoms with Crippen molar-refractivity contribution >= 4 is 5.91 Å². The molecule has 22 heavy (non-hydrogen) atoms. The molecule has 2 fully saturated rings. The van der Waals surface area contributed by atoms with E-state index in [0.717, 1.165) is 12.8 Å². The average molecular weight is 317 g/mol. The molecular formula is C17H29F2NO2. The van der Waals surface area contributed by atoms with Crippen LogP contribution in [-0.2, 0) is 4.79 Å². The Hall–Kier alpha value is -0.710. The van der Waals surface area contributed by atoms with Crippen molar-refractivity contribution < 1.29 is 18.7 Å². The zero-order valence-corrected chi connectivity index (χ0v) is 13.9. The van der Waals surface area contributed by atoms with Gasteiger partial charge in [-0.3, -0.25) is 4.79 Å². The van der Waals surface area contributed by atoms with Gasteiger partial charge < -0.3 is 10.4 Å². The van der Waals surface area contributed by atoms with E-state index in [1.165, 1.54) is 0 Å². The van der Waals surface area contributed by atoms with Gasteiger partial charge in [0, 0.05) is 18.9 Å². The smallest absolute Gasteiger partial charge is 0.252 e. The highest BCUT2D eigenvalue weighted by Crippen LogP contribution is 2.41. The van der Waals surface area contributed by atoms with Crippen LogP contribution in [0.5, 0.6) is 0 Å². The molecule has 0 aromatic carbocycles. The molecule has 2 aliphatic rings. The van der Waals surface area contributed by atoms with Crippen LogP contribution in [0.1, 0.15) is 65.7 Å². The molecule has 2 saturated carbocycles. The topological polar surface area (TPSA) is 49.3 Å². The van der Waals surface area contributed by atoms with Gasteiger partial charge in [-0.05, 0) is 43.4 Å². The molecule has 0 radical (unpaired) electrons. The third kappa shape index (κ3) is 3.79. The molecule has 2 N–H and O–H groups in total. The Kier molecular flexibility index (Phi) is 5.15. The second-order valence-electron chi connectivity index (χ2n) is 7.77. The van der Waals surface area contributed by atoms with Crippen LogP contribution in [-0.4, -0.2) is 28.6 Å². The van der Waals surface area contributed by atoms with Crippen molar-refractivity contribution in [2.24, 2.45) is 17.8 Å². The maximum Gasteiger partial charge on any atom is 0.252 e. The summed E-state index contributed by atoms with van der Waals surface area (Å²) in [6.07, 6.45) is 2.54. The molecule has 2 aliphatic carbocycles. The maximum absolute atomic E-state index is 13.2. The molecule has 0 aromatic rings. The van der Waals surface area contributed by atoms with Crippen LogP contribution in [0, 0.1) is 17.8 Å². The minimum atomic E-state index is -2.60. The Labute approximate surface area is 131 Å². The van der Waals surface area contributed by atoms with Crippen molar-refractivity contribution in [1.82, 2.24) is 5.32 Å². The molecule has 0 aliphatic heterocycles. The van der Waals surface area contributed by atoms with Gasteiger partial charge in [-0.25, -0.2) is 8.78 Å². The van der Waals surface area contributed by atoms with Crippen molar-refractivity contribution in [2.75, 3.05) is 0 Å². The monoisotopic (exact) mass is 317 g/mol. The van der Waals surface area contributed by atoms with E-state index in [1.54, 1.807) is 0 Å². The second-order valence-corrected chi connectivity index (χ2v) is 7.77. The van der Waals surface area contributed by atoms with E-state index in [1.807, 2.05) is 13.8 Å². The largest absolute Gasteiger partial charge is 0.380 e. The van der Waals surface area contributed by atoms with Gasteiger partial charge >= 0.3 is 0 Å². The number of hydrogen-bond acceptors (Lipinski definition) is 2. The fourth-order valence-corrected chi connectivity index (χ4v) is 4.13. The van der Waals surface area contributed by atoms with Crippen molar-refractivity contribution in [3.05, 3.63) is 0 Å². The summed E-state index contributed by atoms with van der Waals surface area (Å²) in [6, 6.07) is -0.235. The van der Waals surface area contributed by atoms with Gasteiger partial charge in [-0.1, -0.05) is 27.2 Å². The Morgan fingerprint density at radius 2 is 1.77 bits per heavy atom. The average Bonchev–Trinajstić information content (AvgIpc) is 2.40. The molecule has 1 amide bonds. The summed E-state index contributed by atoms with van der Waals surface area (Å²) in [4.78, 5) is 12.7. The number of halogens is 2. The lowest BCUT2D eigenvalue weighted by molar-refractivity contribution is -0.157. The van der Waals surface area contributed by atoms with Crippen molar-refractivity contribution in [2.45, 2.75) is 83.3 Å². The SMILES string of the molecule is CC1CCC(C(C)C)[C@@](O)(C(=O)NC2CCC(F)(F)CC2)C1. The van der Waals surface area contributed by atoms with Crippen LogP contribution in [0.15, 0.2) is 0 Å². The Bertz CT molecular complexity index is 403. The van der Waals surface area contributed by atoms with Crippen LogP contribution in [0.25, 0.3) is 0 Å². The summed E-state index contributed by atoms with van der Waals surface area (Å²) in [5, 5.41) is 13.9. The fraction of sp³-hybridized carbons (Fsp3) is 0.941. The highest BCUT2D eigenvalue weighted by atomic mass is 19.3. The predicted octanol–water partition coefficient (Wildman–Crippen LogP) is 3.50. The zero-order chi connectivity index (χ0) is 16.5. The summed E-state index contributed by atoms with van der Waals surface area (Å²) >= 11 is 0. The molecule has 2 rings (SSSR count). The number of hydrogen-bond donors (Lipinski definition) is 2. The number of aliphatic hydroxyl groups is 1. The summed E-state index contributed by atoms with van der Waals surface area (Å²) in [7, 11) is 0. The molecule has 0 bridgehead atoms. The Morgan fingerprint density at radius 3 is 2.32 bits per heavy atom. The maximum atomic E-state index is 13.2. The number of carbonyl (C=O) groups is 1. The number of rotatable bonds is 3. The van der Waals surface area contributed by atoms with Gasteiger partial charge in [0.1, 0.15) is 5.60 Å². The highest BCUT2D eigenvalue weighted by molar-refractivity contribution is 5.85. The predicted molar refractivity (Wildman–Crippen MR) is 81.6 cm³/mol. The van der Waals surface area contributed by atoms with Gasteiger partial charge in [0.25, 0.3) is 5.91 Å². The summed E-state index contributed by atoms with van der Waals surface area (Å²) in [5.74, 6) is -2.49. The van der Waals surface area contributed by atoms with Crippen LogP contribution < -0.4 is 5.32 Å². The van der Waals surface area contributed by atoms with Crippen LogP contribution in [0.4, 0.5) is 8.78 Å². The minimum absolute atomic E-state index is 0.0614. The van der Waals surface area contributed by atoms with Crippen molar-refractivity contribution in [1.29, 1.82) is 0 Å².